The maximum absolute atomic E-state index is 4.67. The molecule has 0 amide bonds. The van der Waals surface area contributed by atoms with Crippen LogP contribution in [0.3, 0.4) is 0 Å². The molecule has 0 radical (unpaired) electrons. The largest absolute Gasteiger partial charge is 0.230 e. The molecule has 1 nitrogen and oxygen atoms in total. The minimum atomic E-state index is -1.18. The number of rotatable bonds is 4. The Morgan fingerprint density at radius 3 is 2.38 bits per heavy atom. The molecule has 0 aliphatic carbocycles. The van der Waals surface area contributed by atoms with E-state index >= 15 is 0 Å². The average molecular weight is 330 g/mol. The lowest BCUT2D eigenvalue weighted by Crippen LogP contribution is -2.37. The quantitative estimate of drug-likeness (QED) is 0.486. The van der Waals surface area contributed by atoms with Gasteiger partial charge in [0.25, 0.3) is 0 Å². The van der Waals surface area contributed by atoms with Gasteiger partial charge in [-0.3, -0.25) is 0 Å². The molecule has 0 saturated carbocycles. The molecule has 0 aliphatic heterocycles. The van der Waals surface area contributed by atoms with Gasteiger partial charge < -0.3 is 0 Å². The van der Waals surface area contributed by atoms with Gasteiger partial charge in [0.05, 0.1) is 18.3 Å². The summed E-state index contributed by atoms with van der Waals surface area (Å²) in [6.45, 7) is 7.16. The zero-order valence-electron chi connectivity index (χ0n) is 12.6. The van der Waals surface area contributed by atoms with Gasteiger partial charge in [-0.15, -0.1) is 11.3 Å². The second-order valence-electron chi connectivity index (χ2n) is 6.18. The van der Waals surface area contributed by atoms with Gasteiger partial charge in [0.1, 0.15) is 0 Å². The molecular weight excluding hydrogens is 310 g/mol. The summed E-state index contributed by atoms with van der Waals surface area (Å²) in [5, 5.41) is 1.52. The number of para-hydroxylation sites is 1. The highest BCUT2D eigenvalue weighted by Crippen LogP contribution is 2.31. The van der Waals surface area contributed by atoms with Crippen LogP contribution in [-0.2, 0) is 5.75 Å². The molecule has 0 N–H and O–H groups in total. The van der Waals surface area contributed by atoms with Crippen molar-refractivity contribution in [3.63, 3.8) is 0 Å². The number of fused-ring (bicyclic) bond motifs is 1. The first-order valence-electron chi connectivity index (χ1n) is 7.10. The van der Waals surface area contributed by atoms with E-state index in [1.165, 1.54) is 15.5 Å². The Hall–Kier alpha value is -1.10. The van der Waals surface area contributed by atoms with E-state index in [9.17, 15) is 0 Å². The molecule has 108 valence electrons. The number of hydrogen-bond donors (Lipinski definition) is 0. The zero-order valence-corrected chi connectivity index (χ0v) is 15.2. The van der Waals surface area contributed by atoms with Crippen molar-refractivity contribution >= 4 is 46.6 Å². The summed E-state index contributed by atoms with van der Waals surface area (Å²) in [6, 6.07) is 17.5. The average Bonchev–Trinajstić information content (AvgIpc) is 2.87. The van der Waals surface area contributed by atoms with Crippen LogP contribution in [0, 0.1) is 0 Å². The van der Waals surface area contributed by atoms with E-state index in [1.807, 2.05) is 17.8 Å². The number of nitrogens with zero attached hydrogens (tertiary/aromatic N) is 1. The van der Waals surface area contributed by atoms with Gasteiger partial charge in [0.15, 0.2) is 4.34 Å². The van der Waals surface area contributed by atoms with Gasteiger partial charge in [-0.1, -0.05) is 73.0 Å². The van der Waals surface area contributed by atoms with E-state index < -0.39 is 8.07 Å². The standard InChI is InChI=1S/C17H19NS2Si/c1-21(2,3)14-10-8-13(9-11-14)12-19-17-18-15-6-4-5-7-16(15)20-17/h4-11H,12H2,1-3H3. The topological polar surface area (TPSA) is 12.9 Å². The summed E-state index contributed by atoms with van der Waals surface area (Å²) in [7, 11) is -1.18. The summed E-state index contributed by atoms with van der Waals surface area (Å²) < 4.78 is 2.43. The van der Waals surface area contributed by atoms with Crippen LogP contribution >= 0.6 is 23.1 Å². The van der Waals surface area contributed by atoms with Crippen LogP contribution in [0.15, 0.2) is 52.9 Å². The highest BCUT2D eigenvalue weighted by atomic mass is 32.2. The Morgan fingerprint density at radius 1 is 1.00 bits per heavy atom. The van der Waals surface area contributed by atoms with E-state index in [2.05, 4.69) is 67.1 Å². The van der Waals surface area contributed by atoms with Crippen molar-refractivity contribution in [3.05, 3.63) is 54.1 Å². The number of benzene rings is 2. The molecule has 0 unspecified atom stereocenters. The molecule has 0 atom stereocenters. The zero-order chi connectivity index (χ0) is 14.9. The summed E-state index contributed by atoms with van der Waals surface area (Å²) in [6.07, 6.45) is 0. The molecule has 0 saturated heterocycles. The minimum absolute atomic E-state index is 0.992. The molecule has 0 spiro atoms. The summed E-state index contributed by atoms with van der Waals surface area (Å²) in [4.78, 5) is 4.67. The van der Waals surface area contributed by atoms with Gasteiger partial charge in [0.2, 0.25) is 0 Å². The van der Waals surface area contributed by atoms with Crippen LogP contribution in [0.25, 0.3) is 10.2 Å². The lowest BCUT2D eigenvalue weighted by atomic mass is 10.2. The summed E-state index contributed by atoms with van der Waals surface area (Å²) in [5.41, 5.74) is 2.49. The minimum Gasteiger partial charge on any atom is -0.230 e. The number of hydrogen-bond acceptors (Lipinski definition) is 3. The van der Waals surface area contributed by atoms with E-state index in [1.54, 1.807) is 11.3 Å². The fraction of sp³-hybridized carbons (Fsp3) is 0.235. The van der Waals surface area contributed by atoms with Crippen LogP contribution in [0.5, 0.6) is 0 Å². The molecule has 2 aromatic carbocycles. The lowest BCUT2D eigenvalue weighted by molar-refractivity contribution is 1.29. The molecule has 0 aliphatic rings. The van der Waals surface area contributed by atoms with Crippen LogP contribution in [0.2, 0.25) is 19.6 Å². The summed E-state index contributed by atoms with van der Waals surface area (Å²) in [5.74, 6) is 0.992. The number of thiazole rings is 1. The van der Waals surface area contributed by atoms with Gasteiger partial charge in [-0.25, -0.2) is 4.98 Å². The van der Waals surface area contributed by atoms with Gasteiger partial charge in [-0.2, -0.15) is 0 Å². The predicted octanol–water partition coefficient (Wildman–Crippen LogP) is 5.13. The normalized spacial score (nSPS) is 12.0. The van der Waals surface area contributed by atoms with E-state index in [0.29, 0.717) is 0 Å². The third kappa shape index (κ3) is 3.57. The Kier molecular flexibility index (Phi) is 4.20. The van der Waals surface area contributed by atoms with E-state index in [4.69, 9.17) is 0 Å². The molecule has 21 heavy (non-hydrogen) atoms. The Balaban J connectivity index is 1.69. The van der Waals surface area contributed by atoms with Crippen LogP contribution in [0.4, 0.5) is 0 Å². The van der Waals surface area contributed by atoms with Crippen molar-refractivity contribution in [2.24, 2.45) is 0 Å². The fourth-order valence-electron chi connectivity index (χ4n) is 2.16. The Morgan fingerprint density at radius 2 is 1.71 bits per heavy atom. The molecule has 3 rings (SSSR count). The van der Waals surface area contributed by atoms with Crippen molar-refractivity contribution < 1.29 is 0 Å². The second-order valence-corrected chi connectivity index (χ2v) is 13.5. The summed E-state index contributed by atoms with van der Waals surface area (Å²) >= 11 is 3.61. The number of thioether (sulfide) groups is 1. The van der Waals surface area contributed by atoms with Crippen LogP contribution < -0.4 is 5.19 Å². The van der Waals surface area contributed by atoms with E-state index in [-0.39, 0.29) is 0 Å². The van der Waals surface area contributed by atoms with Gasteiger partial charge in [-0.05, 0) is 17.7 Å². The van der Waals surface area contributed by atoms with Crippen molar-refractivity contribution in [2.45, 2.75) is 29.7 Å². The van der Waals surface area contributed by atoms with Crippen molar-refractivity contribution in [1.82, 2.24) is 4.98 Å². The predicted molar refractivity (Wildman–Crippen MR) is 98.6 cm³/mol. The smallest absolute Gasteiger partial charge is 0.151 e. The van der Waals surface area contributed by atoms with Crippen molar-refractivity contribution in [1.29, 1.82) is 0 Å². The van der Waals surface area contributed by atoms with Gasteiger partial charge >= 0.3 is 0 Å². The highest BCUT2D eigenvalue weighted by Gasteiger charge is 2.15. The SMILES string of the molecule is C[Si](C)(C)c1ccc(CSc2nc3ccccc3s2)cc1. The molecular formula is C17H19NS2Si. The van der Waals surface area contributed by atoms with Crippen LogP contribution in [-0.4, -0.2) is 13.1 Å². The van der Waals surface area contributed by atoms with E-state index in [0.717, 1.165) is 15.6 Å². The molecule has 3 aromatic rings. The molecule has 0 bridgehead atoms. The molecule has 1 aromatic heterocycles. The first-order chi connectivity index (χ1) is 10.0. The molecule has 0 fully saturated rings. The highest BCUT2D eigenvalue weighted by molar-refractivity contribution is 8.00. The molecule has 4 heteroatoms. The number of aromatic nitrogens is 1. The van der Waals surface area contributed by atoms with Crippen LogP contribution in [0.1, 0.15) is 5.56 Å². The monoisotopic (exact) mass is 329 g/mol. The maximum Gasteiger partial charge on any atom is 0.151 e. The second kappa shape index (κ2) is 5.95. The third-order valence-corrected chi connectivity index (χ3v) is 7.77. The Bertz CT molecular complexity index is 708. The van der Waals surface area contributed by atoms with Crippen molar-refractivity contribution in [2.75, 3.05) is 0 Å². The first-order valence-corrected chi connectivity index (χ1v) is 12.4. The lowest BCUT2D eigenvalue weighted by Gasteiger charge is -2.16. The van der Waals surface area contributed by atoms with Gasteiger partial charge in [0, 0.05) is 5.75 Å². The third-order valence-electron chi connectivity index (χ3n) is 3.46. The maximum atomic E-state index is 4.67. The fourth-order valence-corrected chi connectivity index (χ4v) is 5.35. The van der Waals surface area contributed by atoms with Crippen molar-refractivity contribution in [3.8, 4) is 0 Å². The molecule has 1 heterocycles. The first kappa shape index (κ1) is 14.8. The Labute approximate surface area is 135 Å².